The number of phenolic OH excluding ortho intramolecular Hbond substituents is 1. The molecule has 0 bridgehead atoms. The number of fused-ring (bicyclic) bond motifs is 1. The van der Waals surface area contributed by atoms with E-state index in [1.165, 1.54) is 12.3 Å². The molecule has 6 nitrogen and oxygen atoms in total. The van der Waals surface area contributed by atoms with Gasteiger partial charge >= 0.3 is 0 Å². The SMILES string of the molecule is C=CC(=O)N1CCC(N/C(=C/N)c2cccc(-c3cc(O)cc4ccccc34)c2N)C1. The summed E-state index contributed by atoms with van der Waals surface area (Å²) in [5.41, 5.74) is 16.3. The number of anilines is 1. The average molecular weight is 415 g/mol. The quantitative estimate of drug-likeness (QED) is 0.378. The first-order valence-corrected chi connectivity index (χ1v) is 10.2. The monoisotopic (exact) mass is 414 g/mol. The third-order valence-corrected chi connectivity index (χ3v) is 5.73. The molecule has 1 heterocycles. The Balaban J connectivity index is 1.68. The Hall–Kier alpha value is -3.93. The second kappa shape index (κ2) is 8.44. The van der Waals surface area contributed by atoms with E-state index in [-0.39, 0.29) is 17.7 Å². The van der Waals surface area contributed by atoms with E-state index in [0.29, 0.717) is 24.5 Å². The zero-order valence-corrected chi connectivity index (χ0v) is 17.2. The van der Waals surface area contributed by atoms with Gasteiger partial charge in [-0.1, -0.05) is 49.0 Å². The standard InChI is InChI=1S/C25H26N4O2/c1-2-24(31)29-11-10-17(15-29)28-23(14-26)21-9-5-8-20(25(21)27)22-13-18(30)12-16-6-3-4-7-19(16)22/h2-9,12-14,17,28,30H,1,10-11,15,26-27H2/b23-14+. The van der Waals surface area contributed by atoms with Gasteiger partial charge in [-0.05, 0) is 41.0 Å². The lowest BCUT2D eigenvalue weighted by atomic mass is 9.94. The number of nitrogens with two attached hydrogens (primary N) is 2. The van der Waals surface area contributed by atoms with E-state index in [2.05, 4.69) is 11.9 Å². The van der Waals surface area contributed by atoms with Crippen molar-refractivity contribution in [2.75, 3.05) is 18.8 Å². The number of hydrogen-bond donors (Lipinski definition) is 4. The molecule has 0 aliphatic carbocycles. The highest BCUT2D eigenvalue weighted by Crippen LogP contribution is 2.38. The molecule has 1 saturated heterocycles. The molecule has 6 N–H and O–H groups in total. The summed E-state index contributed by atoms with van der Waals surface area (Å²) in [6.45, 7) is 4.81. The summed E-state index contributed by atoms with van der Waals surface area (Å²) in [5.74, 6) is 0.115. The molecule has 158 valence electrons. The number of para-hydroxylation sites is 1. The van der Waals surface area contributed by atoms with Crippen LogP contribution in [0.5, 0.6) is 5.75 Å². The van der Waals surface area contributed by atoms with Crippen LogP contribution in [0.1, 0.15) is 12.0 Å². The predicted molar refractivity (Wildman–Crippen MR) is 126 cm³/mol. The van der Waals surface area contributed by atoms with Crippen LogP contribution >= 0.6 is 0 Å². The highest BCUT2D eigenvalue weighted by molar-refractivity contribution is 6.01. The van der Waals surface area contributed by atoms with E-state index in [1.54, 1.807) is 17.0 Å². The van der Waals surface area contributed by atoms with Crippen LogP contribution in [0.15, 0.2) is 73.5 Å². The number of nitrogen functional groups attached to an aromatic ring is 1. The van der Waals surface area contributed by atoms with Crippen LogP contribution in [-0.4, -0.2) is 35.0 Å². The van der Waals surface area contributed by atoms with Gasteiger partial charge in [0.2, 0.25) is 5.91 Å². The maximum atomic E-state index is 11.9. The fourth-order valence-electron chi connectivity index (χ4n) is 4.20. The summed E-state index contributed by atoms with van der Waals surface area (Å²) in [6, 6.07) is 17.2. The lowest BCUT2D eigenvalue weighted by Gasteiger charge is -2.20. The molecule has 1 atom stereocenters. The van der Waals surface area contributed by atoms with Gasteiger partial charge in [0, 0.05) is 42.1 Å². The van der Waals surface area contributed by atoms with Crippen molar-refractivity contribution in [3.63, 3.8) is 0 Å². The second-order valence-electron chi connectivity index (χ2n) is 7.68. The second-order valence-corrected chi connectivity index (χ2v) is 7.68. The van der Waals surface area contributed by atoms with Crippen molar-refractivity contribution in [1.82, 2.24) is 10.2 Å². The average Bonchev–Trinajstić information content (AvgIpc) is 3.25. The van der Waals surface area contributed by atoms with Crippen LogP contribution in [0.2, 0.25) is 0 Å². The van der Waals surface area contributed by atoms with E-state index < -0.39 is 0 Å². The smallest absolute Gasteiger partial charge is 0.246 e. The van der Waals surface area contributed by atoms with Crippen molar-refractivity contribution in [1.29, 1.82) is 0 Å². The topological polar surface area (TPSA) is 105 Å². The van der Waals surface area contributed by atoms with Crippen LogP contribution in [0, 0.1) is 0 Å². The van der Waals surface area contributed by atoms with Crippen LogP contribution in [0.4, 0.5) is 5.69 Å². The Bertz CT molecular complexity index is 1190. The van der Waals surface area contributed by atoms with Crippen molar-refractivity contribution in [3.05, 3.63) is 79.0 Å². The van der Waals surface area contributed by atoms with Gasteiger partial charge < -0.3 is 26.8 Å². The van der Waals surface area contributed by atoms with Gasteiger partial charge in [-0.15, -0.1) is 0 Å². The number of rotatable bonds is 5. The molecule has 1 aliphatic heterocycles. The first kappa shape index (κ1) is 20.3. The van der Waals surface area contributed by atoms with Crippen molar-refractivity contribution in [3.8, 4) is 16.9 Å². The third kappa shape index (κ3) is 3.92. The third-order valence-electron chi connectivity index (χ3n) is 5.73. The molecule has 0 radical (unpaired) electrons. The minimum Gasteiger partial charge on any atom is -0.508 e. The molecule has 0 aromatic heterocycles. The first-order valence-electron chi connectivity index (χ1n) is 10.2. The molecule has 6 heteroatoms. The number of phenols is 1. The Morgan fingerprint density at radius 3 is 2.74 bits per heavy atom. The summed E-state index contributed by atoms with van der Waals surface area (Å²) in [4.78, 5) is 13.6. The fourth-order valence-corrected chi connectivity index (χ4v) is 4.20. The number of benzene rings is 3. The Morgan fingerprint density at radius 2 is 1.97 bits per heavy atom. The molecular formula is C25H26N4O2. The number of nitrogens with one attached hydrogen (secondary N) is 1. The lowest BCUT2D eigenvalue weighted by molar-refractivity contribution is -0.125. The van der Waals surface area contributed by atoms with Crippen molar-refractivity contribution in [2.24, 2.45) is 5.73 Å². The van der Waals surface area contributed by atoms with Gasteiger partial charge in [-0.3, -0.25) is 4.79 Å². The molecule has 1 fully saturated rings. The fraction of sp³-hybridized carbons (Fsp3) is 0.160. The highest BCUT2D eigenvalue weighted by atomic mass is 16.3. The van der Waals surface area contributed by atoms with Crippen molar-refractivity contribution < 1.29 is 9.90 Å². The van der Waals surface area contributed by atoms with Gasteiger partial charge in [0.25, 0.3) is 0 Å². The number of amides is 1. The number of hydrogen-bond acceptors (Lipinski definition) is 5. The molecule has 0 spiro atoms. The number of carbonyl (C=O) groups is 1. The van der Waals surface area contributed by atoms with Gasteiger partial charge in [-0.25, -0.2) is 0 Å². The number of likely N-dealkylation sites (tertiary alicyclic amines) is 1. The first-order chi connectivity index (χ1) is 15.0. The van der Waals surface area contributed by atoms with Crippen LogP contribution in [-0.2, 0) is 4.79 Å². The Morgan fingerprint density at radius 1 is 1.16 bits per heavy atom. The minimum absolute atomic E-state index is 0.0696. The summed E-state index contributed by atoms with van der Waals surface area (Å²) in [6.07, 6.45) is 3.66. The van der Waals surface area contributed by atoms with E-state index in [1.807, 2.05) is 42.5 Å². The van der Waals surface area contributed by atoms with E-state index in [4.69, 9.17) is 11.5 Å². The maximum Gasteiger partial charge on any atom is 0.246 e. The van der Waals surface area contributed by atoms with Crippen LogP contribution < -0.4 is 16.8 Å². The van der Waals surface area contributed by atoms with E-state index in [9.17, 15) is 9.90 Å². The van der Waals surface area contributed by atoms with E-state index >= 15 is 0 Å². The number of aromatic hydroxyl groups is 1. The number of nitrogens with zero attached hydrogens (tertiary/aromatic N) is 1. The van der Waals surface area contributed by atoms with Crippen LogP contribution in [0.25, 0.3) is 27.6 Å². The van der Waals surface area contributed by atoms with Crippen molar-refractivity contribution in [2.45, 2.75) is 12.5 Å². The molecule has 4 rings (SSSR count). The molecule has 3 aromatic rings. The maximum absolute atomic E-state index is 11.9. The zero-order valence-electron chi connectivity index (χ0n) is 17.2. The molecule has 0 saturated carbocycles. The molecule has 31 heavy (non-hydrogen) atoms. The highest BCUT2D eigenvalue weighted by Gasteiger charge is 2.26. The van der Waals surface area contributed by atoms with E-state index in [0.717, 1.165) is 33.9 Å². The Labute approximate surface area is 181 Å². The normalized spacial score (nSPS) is 16.5. The summed E-state index contributed by atoms with van der Waals surface area (Å²) in [5, 5.41) is 15.6. The van der Waals surface area contributed by atoms with Gasteiger partial charge in [0.15, 0.2) is 0 Å². The largest absolute Gasteiger partial charge is 0.508 e. The van der Waals surface area contributed by atoms with Gasteiger partial charge in [0.05, 0.1) is 5.70 Å². The minimum atomic E-state index is -0.0696. The van der Waals surface area contributed by atoms with Crippen LogP contribution in [0.3, 0.4) is 0 Å². The molecule has 1 aliphatic rings. The van der Waals surface area contributed by atoms with Gasteiger partial charge in [-0.2, -0.15) is 0 Å². The molecule has 1 amide bonds. The lowest BCUT2D eigenvalue weighted by Crippen LogP contribution is -2.34. The van der Waals surface area contributed by atoms with Crippen molar-refractivity contribution >= 4 is 28.1 Å². The van der Waals surface area contributed by atoms with Gasteiger partial charge in [0.1, 0.15) is 5.75 Å². The molecule has 3 aromatic carbocycles. The Kier molecular flexibility index (Phi) is 5.54. The predicted octanol–water partition coefficient (Wildman–Crippen LogP) is 3.43. The molecule has 1 unspecified atom stereocenters. The summed E-state index contributed by atoms with van der Waals surface area (Å²) >= 11 is 0. The zero-order chi connectivity index (χ0) is 22.0. The molecular weight excluding hydrogens is 388 g/mol. The number of carbonyl (C=O) groups excluding carboxylic acids is 1. The summed E-state index contributed by atoms with van der Waals surface area (Å²) < 4.78 is 0. The summed E-state index contributed by atoms with van der Waals surface area (Å²) in [7, 11) is 0.